The fourth-order valence-corrected chi connectivity index (χ4v) is 3.25. The van der Waals surface area contributed by atoms with Crippen LogP contribution in [0.15, 0.2) is 18.2 Å². The van der Waals surface area contributed by atoms with Gasteiger partial charge in [-0.25, -0.2) is 0 Å². The number of halogens is 2. The molecule has 18 heavy (non-hydrogen) atoms. The fraction of sp³-hybridized carbons (Fsp3) is 0.571. The second-order valence-corrected chi connectivity index (χ2v) is 6.55. The Morgan fingerprint density at radius 1 is 1.22 bits per heavy atom. The van der Waals surface area contributed by atoms with Crippen molar-refractivity contribution >= 4 is 35.0 Å². The molecule has 1 aromatic carbocycles. The molecule has 0 aliphatic rings. The molecule has 0 aromatic heterocycles. The minimum atomic E-state index is 0.332. The molecule has 102 valence electrons. The van der Waals surface area contributed by atoms with Crippen molar-refractivity contribution in [3.05, 3.63) is 33.8 Å². The smallest absolute Gasteiger partial charge is 0.0465 e. The maximum Gasteiger partial charge on any atom is 0.0465 e. The summed E-state index contributed by atoms with van der Waals surface area (Å²) in [6, 6.07) is 5.66. The van der Waals surface area contributed by atoms with Crippen molar-refractivity contribution in [1.29, 1.82) is 0 Å². The summed E-state index contributed by atoms with van der Waals surface area (Å²) in [5.74, 6) is 0. The van der Waals surface area contributed by atoms with Gasteiger partial charge < -0.3 is 5.32 Å². The maximum atomic E-state index is 6.15. The summed E-state index contributed by atoms with van der Waals surface area (Å²) >= 11 is 14.0. The molecule has 1 nitrogen and oxygen atoms in total. The average Bonchev–Trinajstić information content (AvgIpc) is 2.38. The summed E-state index contributed by atoms with van der Waals surface area (Å²) in [5, 5.41) is 4.93. The van der Waals surface area contributed by atoms with Gasteiger partial charge in [0.1, 0.15) is 0 Å². The summed E-state index contributed by atoms with van der Waals surface area (Å²) in [5.41, 5.74) is 1.10. The van der Waals surface area contributed by atoms with Crippen LogP contribution in [0.25, 0.3) is 0 Å². The van der Waals surface area contributed by atoms with Gasteiger partial charge in [0.05, 0.1) is 0 Å². The number of nitrogens with one attached hydrogen (secondary N) is 1. The molecular weight excluding hydrogens is 285 g/mol. The lowest BCUT2D eigenvalue weighted by Gasteiger charge is -2.30. The van der Waals surface area contributed by atoms with Crippen molar-refractivity contribution in [3.63, 3.8) is 0 Å². The van der Waals surface area contributed by atoms with Crippen LogP contribution in [0, 0.1) is 0 Å². The highest BCUT2D eigenvalue weighted by Gasteiger charge is 2.24. The Labute approximate surface area is 125 Å². The summed E-state index contributed by atoms with van der Waals surface area (Å²) in [4.78, 5) is 0. The van der Waals surface area contributed by atoms with Crippen LogP contribution in [0.3, 0.4) is 0 Å². The lowest BCUT2D eigenvalue weighted by atomic mass is 10.0. The van der Waals surface area contributed by atoms with Crippen molar-refractivity contribution in [2.24, 2.45) is 0 Å². The van der Waals surface area contributed by atoms with E-state index in [0.717, 1.165) is 23.7 Å². The van der Waals surface area contributed by atoms with Gasteiger partial charge in [-0.1, -0.05) is 43.1 Å². The van der Waals surface area contributed by atoms with E-state index in [-0.39, 0.29) is 0 Å². The molecule has 0 bridgehead atoms. The summed E-state index contributed by atoms with van der Waals surface area (Å²) in [6.07, 6.45) is 4.53. The Balaban J connectivity index is 2.55. The van der Waals surface area contributed by atoms with Gasteiger partial charge in [0, 0.05) is 27.9 Å². The third-order valence-corrected chi connectivity index (χ3v) is 5.67. The monoisotopic (exact) mass is 305 g/mol. The highest BCUT2D eigenvalue weighted by atomic mass is 35.5. The Hall–Kier alpha value is 0.110. The zero-order valence-electron chi connectivity index (χ0n) is 11.2. The average molecular weight is 306 g/mol. The third kappa shape index (κ3) is 4.34. The first kappa shape index (κ1) is 16.2. The summed E-state index contributed by atoms with van der Waals surface area (Å²) < 4.78 is 0.332. The van der Waals surface area contributed by atoms with Crippen molar-refractivity contribution in [2.45, 2.75) is 38.0 Å². The van der Waals surface area contributed by atoms with Crippen molar-refractivity contribution in [1.82, 2.24) is 5.32 Å². The molecule has 1 rings (SSSR count). The summed E-state index contributed by atoms with van der Waals surface area (Å²) in [6.45, 7) is 6.28. The zero-order valence-corrected chi connectivity index (χ0v) is 13.6. The van der Waals surface area contributed by atoms with Crippen molar-refractivity contribution < 1.29 is 0 Å². The van der Waals surface area contributed by atoms with Gasteiger partial charge in [0.15, 0.2) is 0 Å². The topological polar surface area (TPSA) is 12.0 Å². The number of hydrogen-bond acceptors (Lipinski definition) is 2. The third-order valence-electron chi connectivity index (χ3n) is 3.50. The normalized spacial score (nSPS) is 11.8. The number of rotatable bonds is 7. The highest BCUT2D eigenvalue weighted by Crippen LogP contribution is 2.29. The molecule has 0 aliphatic heterocycles. The van der Waals surface area contributed by atoms with E-state index in [0.29, 0.717) is 9.77 Å². The second-order valence-electron chi connectivity index (χ2n) is 4.43. The highest BCUT2D eigenvalue weighted by molar-refractivity contribution is 8.00. The minimum absolute atomic E-state index is 0.332. The minimum Gasteiger partial charge on any atom is -0.311 e. The van der Waals surface area contributed by atoms with Crippen LogP contribution in [0.4, 0.5) is 0 Å². The van der Waals surface area contributed by atoms with Crippen LogP contribution in [0.2, 0.25) is 10.0 Å². The molecule has 1 N–H and O–H groups in total. The van der Waals surface area contributed by atoms with Gasteiger partial charge in [0.25, 0.3) is 0 Å². The largest absolute Gasteiger partial charge is 0.311 e. The molecule has 0 heterocycles. The van der Waals surface area contributed by atoms with Gasteiger partial charge >= 0.3 is 0 Å². The van der Waals surface area contributed by atoms with E-state index in [2.05, 4.69) is 25.4 Å². The Morgan fingerprint density at radius 2 is 1.89 bits per heavy atom. The number of hydrogen-bond donors (Lipinski definition) is 1. The molecule has 0 saturated heterocycles. The van der Waals surface area contributed by atoms with E-state index in [1.54, 1.807) is 6.07 Å². The lowest BCUT2D eigenvalue weighted by molar-refractivity contribution is 0.495. The molecule has 0 amide bonds. The fourth-order valence-electron chi connectivity index (χ4n) is 1.95. The molecule has 0 aliphatic carbocycles. The first-order valence-electron chi connectivity index (χ1n) is 6.26. The van der Waals surface area contributed by atoms with E-state index in [1.807, 2.05) is 23.9 Å². The van der Waals surface area contributed by atoms with Crippen LogP contribution in [-0.2, 0) is 6.54 Å². The van der Waals surface area contributed by atoms with E-state index in [4.69, 9.17) is 23.2 Å². The molecular formula is C14H21Cl2NS. The second kappa shape index (κ2) is 7.64. The Morgan fingerprint density at radius 3 is 2.39 bits per heavy atom. The SMILES string of the molecule is CCC(CC)(CNCc1ccc(Cl)cc1Cl)SC. The van der Waals surface area contributed by atoms with Crippen LogP contribution in [-0.4, -0.2) is 17.5 Å². The molecule has 0 radical (unpaired) electrons. The van der Waals surface area contributed by atoms with Crippen LogP contribution >= 0.6 is 35.0 Å². The number of thioether (sulfide) groups is 1. The van der Waals surface area contributed by atoms with Crippen LogP contribution < -0.4 is 5.32 Å². The molecule has 0 saturated carbocycles. The van der Waals surface area contributed by atoms with Crippen molar-refractivity contribution in [3.8, 4) is 0 Å². The van der Waals surface area contributed by atoms with Gasteiger partial charge in [-0.3, -0.25) is 0 Å². The van der Waals surface area contributed by atoms with Gasteiger partial charge in [-0.15, -0.1) is 0 Å². The lowest BCUT2D eigenvalue weighted by Crippen LogP contribution is -2.36. The van der Waals surface area contributed by atoms with E-state index < -0.39 is 0 Å². The molecule has 1 aromatic rings. The maximum absolute atomic E-state index is 6.15. The molecule has 0 unspecified atom stereocenters. The zero-order chi connectivity index (χ0) is 13.6. The first-order valence-corrected chi connectivity index (χ1v) is 8.24. The Kier molecular flexibility index (Phi) is 6.86. The first-order chi connectivity index (χ1) is 8.56. The van der Waals surface area contributed by atoms with E-state index in [9.17, 15) is 0 Å². The molecule has 4 heteroatoms. The van der Waals surface area contributed by atoms with Gasteiger partial charge in [-0.05, 0) is 36.8 Å². The van der Waals surface area contributed by atoms with Gasteiger partial charge in [0.2, 0.25) is 0 Å². The van der Waals surface area contributed by atoms with Crippen molar-refractivity contribution in [2.75, 3.05) is 12.8 Å². The predicted octanol–water partition coefficient (Wildman–Crippen LogP) is 5.00. The van der Waals surface area contributed by atoms with Crippen LogP contribution in [0.5, 0.6) is 0 Å². The predicted molar refractivity (Wildman–Crippen MR) is 85.0 cm³/mol. The Bertz CT molecular complexity index is 370. The molecule has 0 atom stereocenters. The van der Waals surface area contributed by atoms with Gasteiger partial charge in [-0.2, -0.15) is 11.8 Å². The summed E-state index contributed by atoms with van der Waals surface area (Å²) in [7, 11) is 0. The quantitative estimate of drug-likeness (QED) is 0.760. The van der Waals surface area contributed by atoms with E-state index in [1.165, 1.54) is 12.8 Å². The number of benzene rings is 1. The van der Waals surface area contributed by atoms with Crippen LogP contribution in [0.1, 0.15) is 32.3 Å². The molecule has 0 spiro atoms. The van der Waals surface area contributed by atoms with E-state index >= 15 is 0 Å². The molecule has 0 fully saturated rings. The standard InChI is InChI=1S/C14H21Cl2NS/c1-4-14(5-2,18-3)10-17-9-11-6-7-12(15)8-13(11)16/h6-8,17H,4-5,9-10H2,1-3H3.